The Labute approximate surface area is 107 Å². The fourth-order valence-electron chi connectivity index (χ4n) is 2.61. The zero-order chi connectivity index (χ0) is 12.5. The average Bonchev–Trinajstić information content (AvgIpc) is 2.67. The van der Waals surface area contributed by atoms with Gasteiger partial charge in [0.25, 0.3) is 0 Å². The van der Waals surface area contributed by atoms with E-state index in [2.05, 4.69) is 28.8 Å². The summed E-state index contributed by atoms with van der Waals surface area (Å²) in [5.74, 6) is 0. The van der Waals surface area contributed by atoms with E-state index in [0.29, 0.717) is 0 Å². The van der Waals surface area contributed by atoms with Gasteiger partial charge in [-0.25, -0.2) is 0 Å². The van der Waals surface area contributed by atoms with Crippen molar-refractivity contribution < 1.29 is 4.74 Å². The van der Waals surface area contributed by atoms with Gasteiger partial charge in [0.15, 0.2) is 0 Å². The number of nitrogens with zero attached hydrogens (tertiary/aromatic N) is 2. The lowest BCUT2D eigenvalue weighted by Gasteiger charge is -2.26. The molecule has 1 saturated heterocycles. The second kappa shape index (κ2) is 4.63. The highest BCUT2D eigenvalue weighted by molar-refractivity contribution is 5.86. The number of aryl methyl sites for hydroxylation is 1. The van der Waals surface area contributed by atoms with Crippen molar-refractivity contribution in [1.29, 1.82) is 0 Å². The molecule has 0 atom stereocenters. The molecule has 96 valence electrons. The monoisotopic (exact) mass is 245 g/mol. The topological polar surface area (TPSA) is 43.4 Å². The minimum absolute atomic E-state index is 0.821. The first-order valence-electron chi connectivity index (χ1n) is 6.37. The quantitative estimate of drug-likeness (QED) is 0.817. The van der Waals surface area contributed by atoms with E-state index >= 15 is 0 Å². The zero-order valence-corrected chi connectivity index (χ0v) is 10.7. The van der Waals surface area contributed by atoms with E-state index in [1.54, 1.807) is 0 Å². The summed E-state index contributed by atoms with van der Waals surface area (Å²) in [6.07, 6.45) is 2.21. The molecule has 1 aromatic carbocycles. The average molecular weight is 245 g/mol. The minimum atomic E-state index is 0.821. The number of benzene rings is 1. The summed E-state index contributed by atoms with van der Waals surface area (Å²) in [6, 6.07) is 6.14. The third-order valence-corrected chi connectivity index (χ3v) is 3.59. The first-order chi connectivity index (χ1) is 8.74. The number of nitrogens with two attached hydrogens (primary N) is 1. The number of aromatic nitrogens is 1. The summed E-state index contributed by atoms with van der Waals surface area (Å²) in [5.41, 5.74) is 9.24. The molecule has 1 aromatic heterocycles. The van der Waals surface area contributed by atoms with E-state index in [-0.39, 0.29) is 0 Å². The van der Waals surface area contributed by atoms with Crippen LogP contribution in [0.25, 0.3) is 10.9 Å². The van der Waals surface area contributed by atoms with Crippen LogP contribution in [0.2, 0.25) is 0 Å². The third kappa shape index (κ3) is 2.09. The van der Waals surface area contributed by atoms with Crippen molar-refractivity contribution in [3.8, 4) is 0 Å². The van der Waals surface area contributed by atoms with Gasteiger partial charge < -0.3 is 15.0 Å². The van der Waals surface area contributed by atoms with Crippen LogP contribution in [0, 0.1) is 0 Å². The van der Waals surface area contributed by atoms with Crippen molar-refractivity contribution in [2.24, 2.45) is 7.05 Å². The molecule has 0 amide bonds. The molecule has 18 heavy (non-hydrogen) atoms. The van der Waals surface area contributed by atoms with E-state index < -0.39 is 0 Å². The smallest absolute Gasteiger partial charge is 0.0594 e. The lowest BCUT2D eigenvalue weighted by molar-refractivity contribution is 0.0343. The molecule has 0 bridgehead atoms. The predicted molar refractivity (Wildman–Crippen MR) is 73.4 cm³/mol. The van der Waals surface area contributed by atoms with Gasteiger partial charge in [0.2, 0.25) is 0 Å². The van der Waals surface area contributed by atoms with E-state index in [1.807, 2.05) is 12.1 Å². The Morgan fingerprint density at radius 2 is 2.06 bits per heavy atom. The molecular weight excluding hydrogens is 226 g/mol. The Morgan fingerprint density at radius 1 is 1.28 bits per heavy atom. The second-order valence-electron chi connectivity index (χ2n) is 4.93. The van der Waals surface area contributed by atoms with Gasteiger partial charge in [-0.05, 0) is 17.7 Å². The van der Waals surface area contributed by atoms with Crippen LogP contribution >= 0.6 is 0 Å². The highest BCUT2D eigenvalue weighted by Crippen LogP contribution is 2.24. The van der Waals surface area contributed by atoms with E-state index in [9.17, 15) is 0 Å². The number of fused-ring (bicyclic) bond motifs is 1. The van der Waals surface area contributed by atoms with Gasteiger partial charge in [0, 0.05) is 44.0 Å². The number of ether oxygens (including phenoxy) is 1. The second-order valence-corrected chi connectivity index (χ2v) is 4.93. The largest absolute Gasteiger partial charge is 0.399 e. The molecule has 0 radical (unpaired) electrons. The third-order valence-electron chi connectivity index (χ3n) is 3.59. The number of anilines is 1. The van der Waals surface area contributed by atoms with Crippen molar-refractivity contribution in [1.82, 2.24) is 9.47 Å². The molecule has 2 heterocycles. The van der Waals surface area contributed by atoms with E-state index in [1.165, 1.54) is 16.5 Å². The molecule has 1 aliphatic heterocycles. The Hall–Kier alpha value is -1.52. The maximum atomic E-state index is 5.85. The van der Waals surface area contributed by atoms with Crippen molar-refractivity contribution in [2.75, 3.05) is 32.0 Å². The van der Waals surface area contributed by atoms with Crippen LogP contribution in [0.3, 0.4) is 0 Å². The van der Waals surface area contributed by atoms with Crippen LogP contribution < -0.4 is 5.73 Å². The van der Waals surface area contributed by atoms with Gasteiger partial charge in [-0.1, -0.05) is 6.07 Å². The van der Waals surface area contributed by atoms with Crippen LogP contribution in [-0.2, 0) is 18.3 Å². The summed E-state index contributed by atoms with van der Waals surface area (Å²) >= 11 is 0. The van der Waals surface area contributed by atoms with E-state index in [4.69, 9.17) is 10.5 Å². The van der Waals surface area contributed by atoms with Crippen LogP contribution in [0.1, 0.15) is 5.56 Å². The maximum Gasteiger partial charge on any atom is 0.0594 e. The summed E-state index contributed by atoms with van der Waals surface area (Å²) in [5, 5.41) is 1.30. The lowest BCUT2D eigenvalue weighted by atomic mass is 10.1. The Kier molecular flexibility index (Phi) is 2.97. The SMILES string of the molecule is Cn1cc(CN2CCOCC2)c2ccc(N)cc21. The summed E-state index contributed by atoms with van der Waals surface area (Å²) < 4.78 is 7.54. The molecule has 0 saturated carbocycles. The van der Waals surface area contributed by atoms with Crippen molar-refractivity contribution in [3.63, 3.8) is 0 Å². The molecule has 0 spiro atoms. The molecule has 4 heteroatoms. The first kappa shape index (κ1) is 11.6. The summed E-state index contributed by atoms with van der Waals surface area (Å²) in [6.45, 7) is 4.72. The molecule has 4 nitrogen and oxygen atoms in total. The predicted octanol–water partition coefficient (Wildman–Crippen LogP) is 1.59. The van der Waals surface area contributed by atoms with Gasteiger partial charge in [-0.15, -0.1) is 0 Å². The number of nitrogen functional groups attached to an aromatic ring is 1. The standard InChI is InChI=1S/C14H19N3O/c1-16-9-11(10-17-4-6-18-7-5-17)13-3-2-12(15)8-14(13)16/h2-3,8-9H,4-7,10,15H2,1H3. The van der Waals surface area contributed by atoms with E-state index in [0.717, 1.165) is 38.5 Å². The normalized spacial score (nSPS) is 17.4. The lowest BCUT2D eigenvalue weighted by Crippen LogP contribution is -2.35. The Morgan fingerprint density at radius 3 is 2.83 bits per heavy atom. The minimum Gasteiger partial charge on any atom is -0.399 e. The molecule has 2 N–H and O–H groups in total. The van der Waals surface area contributed by atoms with Crippen LogP contribution in [0.4, 0.5) is 5.69 Å². The maximum absolute atomic E-state index is 5.85. The van der Waals surface area contributed by atoms with Crippen LogP contribution in [0.15, 0.2) is 24.4 Å². The Bertz CT molecular complexity index is 555. The van der Waals surface area contributed by atoms with Gasteiger partial charge in [-0.3, -0.25) is 4.90 Å². The van der Waals surface area contributed by atoms with Crippen LogP contribution in [0.5, 0.6) is 0 Å². The molecular formula is C14H19N3O. The van der Waals surface area contributed by atoms with Gasteiger partial charge >= 0.3 is 0 Å². The molecule has 0 unspecified atom stereocenters. The number of morpholine rings is 1. The molecule has 3 rings (SSSR count). The molecule has 0 aliphatic carbocycles. The van der Waals surface area contributed by atoms with Gasteiger partial charge in [-0.2, -0.15) is 0 Å². The van der Waals surface area contributed by atoms with Gasteiger partial charge in [0.05, 0.1) is 18.7 Å². The molecule has 1 fully saturated rings. The van der Waals surface area contributed by atoms with Crippen molar-refractivity contribution in [3.05, 3.63) is 30.0 Å². The highest BCUT2D eigenvalue weighted by atomic mass is 16.5. The number of rotatable bonds is 2. The van der Waals surface area contributed by atoms with Gasteiger partial charge in [0.1, 0.15) is 0 Å². The first-order valence-corrected chi connectivity index (χ1v) is 6.37. The molecule has 1 aliphatic rings. The fraction of sp³-hybridized carbons (Fsp3) is 0.429. The zero-order valence-electron chi connectivity index (χ0n) is 10.7. The van der Waals surface area contributed by atoms with Crippen molar-refractivity contribution in [2.45, 2.75) is 6.54 Å². The van der Waals surface area contributed by atoms with Crippen LogP contribution in [-0.4, -0.2) is 35.8 Å². The Balaban J connectivity index is 1.91. The molecule has 2 aromatic rings. The highest BCUT2D eigenvalue weighted by Gasteiger charge is 2.14. The fourth-order valence-corrected chi connectivity index (χ4v) is 2.61. The number of hydrogen-bond acceptors (Lipinski definition) is 3. The summed E-state index contributed by atoms with van der Waals surface area (Å²) in [7, 11) is 2.07. The summed E-state index contributed by atoms with van der Waals surface area (Å²) in [4.78, 5) is 2.44. The van der Waals surface area contributed by atoms with Crippen molar-refractivity contribution >= 4 is 16.6 Å². The number of hydrogen-bond donors (Lipinski definition) is 1.